The van der Waals surface area contributed by atoms with Crippen LogP contribution in [0.15, 0.2) is 28.7 Å². The third kappa shape index (κ3) is 5.05. The molecule has 0 bridgehead atoms. The van der Waals surface area contributed by atoms with Gasteiger partial charge in [0.1, 0.15) is 0 Å². The standard InChI is InChI=1S/C12H17BrOS/c1-2-10(9-15)7-14-8-11-3-5-12(13)6-4-11/h3-6,10,15H,2,7-9H2,1H3. The molecule has 15 heavy (non-hydrogen) atoms. The minimum Gasteiger partial charge on any atom is -0.376 e. The van der Waals surface area contributed by atoms with E-state index < -0.39 is 0 Å². The number of benzene rings is 1. The minimum atomic E-state index is 0.573. The lowest BCUT2D eigenvalue weighted by Crippen LogP contribution is -2.10. The number of hydrogen-bond acceptors (Lipinski definition) is 2. The molecule has 0 saturated carbocycles. The van der Waals surface area contributed by atoms with E-state index in [-0.39, 0.29) is 0 Å². The second kappa shape index (κ2) is 7.31. The van der Waals surface area contributed by atoms with Crippen molar-refractivity contribution in [1.29, 1.82) is 0 Å². The summed E-state index contributed by atoms with van der Waals surface area (Å²) in [7, 11) is 0. The Kier molecular flexibility index (Phi) is 6.37. The van der Waals surface area contributed by atoms with Gasteiger partial charge in [0.15, 0.2) is 0 Å². The second-order valence-electron chi connectivity index (χ2n) is 3.60. The van der Waals surface area contributed by atoms with Gasteiger partial charge in [-0.3, -0.25) is 0 Å². The first-order valence-corrected chi connectivity index (χ1v) is 6.61. The topological polar surface area (TPSA) is 9.23 Å². The van der Waals surface area contributed by atoms with Gasteiger partial charge in [-0.1, -0.05) is 41.4 Å². The second-order valence-corrected chi connectivity index (χ2v) is 4.88. The van der Waals surface area contributed by atoms with Crippen LogP contribution in [0.3, 0.4) is 0 Å². The largest absolute Gasteiger partial charge is 0.376 e. The fraction of sp³-hybridized carbons (Fsp3) is 0.500. The average molecular weight is 289 g/mol. The van der Waals surface area contributed by atoms with Crippen LogP contribution in [-0.4, -0.2) is 12.4 Å². The summed E-state index contributed by atoms with van der Waals surface area (Å²) in [5.74, 6) is 1.47. The fourth-order valence-electron chi connectivity index (χ4n) is 1.22. The number of halogens is 1. The van der Waals surface area contributed by atoms with Gasteiger partial charge in [-0.2, -0.15) is 12.6 Å². The quantitative estimate of drug-likeness (QED) is 0.781. The molecule has 0 spiro atoms. The van der Waals surface area contributed by atoms with Crippen molar-refractivity contribution in [3.05, 3.63) is 34.3 Å². The van der Waals surface area contributed by atoms with E-state index in [4.69, 9.17) is 4.74 Å². The molecular formula is C12H17BrOS. The van der Waals surface area contributed by atoms with Crippen molar-refractivity contribution < 1.29 is 4.74 Å². The van der Waals surface area contributed by atoms with E-state index in [0.717, 1.165) is 23.3 Å². The summed E-state index contributed by atoms with van der Waals surface area (Å²) >= 11 is 7.69. The van der Waals surface area contributed by atoms with E-state index in [1.165, 1.54) is 5.56 Å². The van der Waals surface area contributed by atoms with E-state index >= 15 is 0 Å². The maximum Gasteiger partial charge on any atom is 0.0717 e. The first-order chi connectivity index (χ1) is 7.26. The van der Waals surface area contributed by atoms with Crippen LogP contribution >= 0.6 is 28.6 Å². The predicted octanol–water partition coefficient (Wildman–Crippen LogP) is 3.92. The summed E-state index contributed by atoms with van der Waals surface area (Å²) < 4.78 is 6.74. The molecule has 1 aromatic rings. The zero-order valence-electron chi connectivity index (χ0n) is 8.95. The Bertz CT molecular complexity index is 269. The monoisotopic (exact) mass is 288 g/mol. The van der Waals surface area contributed by atoms with Crippen molar-refractivity contribution >= 4 is 28.6 Å². The SMILES string of the molecule is CCC(CS)COCc1ccc(Br)cc1. The molecule has 1 rings (SSSR count). The zero-order chi connectivity index (χ0) is 11.1. The molecule has 0 aromatic heterocycles. The normalized spacial score (nSPS) is 12.7. The highest BCUT2D eigenvalue weighted by Gasteiger charge is 2.03. The number of hydrogen-bond donors (Lipinski definition) is 1. The van der Waals surface area contributed by atoms with Gasteiger partial charge in [0.05, 0.1) is 13.2 Å². The van der Waals surface area contributed by atoms with Crippen LogP contribution in [0.4, 0.5) is 0 Å². The third-order valence-corrected chi connectivity index (χ3v) is 3.42. The molecule has 1 unspecified atom stereocenters. The maximum atomic E-state index is 5.64. The van der Waals surface area contributed by atoms with E-state index in [0.29, 0.717) is 12.5 Å². The van der Waals surface area contributed by atoms with E-state index in [1.807, 2.05) is 12.1 Å². The van der Waals surface area contributed by atoms with Gasteiger partial charge in [0, 0.05) is 4.47 Å². The molecule has 1 nitrogen and oxygen atoms in total. The Hall–Kier alpha value is 0.01000. The lowest BCUT2D eigenvalue weighted by molar-refractivity contribution is 0.0924. The first-order valence-electron chi connectivity index (χ1n) is 5.19. The van der Waals surface area contributed by atoms with Crippen LogP contribution < -0.4 is 0 Å². The van der Waals surface area contributed by atoms with Gasteiger partial charge in [-0.25, -0.2) is 0 Å². The third-order valence-electron chi connectivity index (χ3n) is 2.37. The molecule has 84 valence electrons. The molecule has 0 aliphatic heterocycles. The lowest BCUT2D eigenvalue weighted by Gasteiger charge is -2.12. The Balaban J connectivity index is 2.28. The predicted molar refractivity (Wildman–Crippen MR) is 71.4 cm³/mol. The van der Waals surface area contributed by atoms with Crippen molar-refractivity contribution in [2.45, 2.75) is 20.0 Å². The molecule has 0 saturated heterocycles. The molecule has 0 heterocycles. The highest BCUT2D eigenvalue weighted by Crippen LogP contribution is 2.12. The van der Waals surface area contributed by atoms with Crippen LogP contribution in [0.25, 0.3) is 0 Å². The van der Waals surface area contributed by atoms with E-state index in [9.17, 15) is 0 Å². The van der Waals surface area contributed by atoms with Crippen LogP contribution in [0.5, 0.6) is 0 Å². The minimum absolute atomic E-state index is 0.573. The average Bonchev–Trinajstić information content (AvgIpc) is 2.27. The fourth-order valence-corrected chi connectivity index (χ4v) is 1.85. The van der Waals surface area contributed by atoms with Gasteiger partial charge in [-0.05, 0) is 29.4 Å². The van der Waals surface area contributed by atoms with Crippen molar-refractivity contribution in [2.24, 2.45) is 5.92 Å². The van der Waals surface area contributed by atoms with Gasteiger partial charge < -0.3 is 4.74 Å². The van der Waals surface area contributed by atoms with Crippen molar-refractivity contribution in [1.82, 2.24) is 0 Å². The summed E-state index contributed by atoms with van der Waals surface area (Å²) in [6.07, 6.45) is 1.13. The van der Waals surface area contributed by atoms with E-state index in [1.54, 1.807) is 0 Å². The van der Waals surface area contributed by atoms with E-state index in [2.05, 4.69) is 47.6 Å². The van der Waals surface area contributed by atoms with Crippen molar-refractivity contribution in [2.75, 3.05) is 12.4 Å². The van der Waals surface area contributed by atoms with Crippen molar-refractivity contribution in [3.8, 4) is 0 Å². The van der Waals surface area contributed by atoms with Crippen molar-refractivity contribution in [3.63, 3.8) is 0 Å². The summed E-state index contributed by atoms with van der Waals surface area (Å²) in [4.78, 5) is 0. The van der Waals surface area contributed by atoms with Gasteiger partial charge in [0.2, 0.25) is 0 Å². The van der Waals surface area contributed by atoms with Crippen LogP contribution in [0.2, 0.25) is 0 Å². The number of thiol groups is 1. The molecule has 0 fully saturated rings. The summed E-state index contributed by atoms with van der Waals surface area (Å²) in [5, 5.41) is 0. The Morgan fingerprint density at radius 1 is 1.33 bits per heavy atom. The molecule has 0 aliphatic carbocycles. The molecule has 0 amide bonds. The number of rotatable bonds is 6. The highest BCUT2D eigenvalue weighted by atomic mass is 79.9. The van der Waals surface area contributed by atoms with Gasteiger partial charge in [-0.15, -0.1) is 0 Å². The molecule has 0 aliphatic rings. The first kappa shape index (κ1) is 13.1. The molecule has 0 radical (unpaired) electrons. The Labute approximate surface area is 106 Å². The highest BCUT2D eigenvalue weighted by molar-refractivity contribution is 9.10. The molecular weight excluding hydrogens is 272 g/mol. The Morgan fingerprint density at radius 2 is 2.00 bits per heavy atom. The number of ether oxygens (including phenoxy) is 1. The van der Waals surface area contributed by atoms with Crippen LogP contribution in [0.1, 0.15) is 18.9 Å². The summed E-state index contributed by atoms with van der Waals surface area (Å²) in [6.45, 7) is 3.66. The van der Waals surface area contributed by atoms with Gasteiger partial charge in [0.25, 0.3) is 0 Å². The summed E-state index contributed by atoms with van der Waals surface area (Å²) in [6, 6.07) is 8.22. The molecule has 1 aromatic carbocycles. The molecule has 3 heteroatoms. The summed E-state index contributed by atoms with van der Waals surface area (Å²) in [5.41, 5.74) is 1.22. The molecule has 0 N–H and O–H groups in total. The van der Waals surface area contributed by atoms with Gasteiger partial charge >= 0.3 is 0 Å². The maximum absolute atomic E-state index is 5.64. The van der Waals surface area contributed by atoms with Crippen LogP contribution in [0, 0.1) is 5.92 Å². The molecule has 1 atom stereocenters. The lowest BCUT2D eigenvalue weighted by atomic mass is 10.1. The Morgan fingerprint density at radius 3 is 2.53 bits per heavy atom. The smallest absolute Gasteiger partial charge is 0.0717 e. The zero-order valence-corrected chi connectivity index (χ0v) is 11.4. The van der Waals surface area contributed by atoms with Crippen LogP contribution in [-0.2, 0) is 11.3 Å².